The van der Waals surface area contributed by atoms with E-state index in [1.54, 1.807) is 18.0 Å². The van der Waals surface area contributed by atoms with E-state index in [0.29, 0.717) is 43.6 Å². The molecule has 31 heavy (non-hydrogen) atoms. The molecule has 0 spiro atoms. The minimum absolute atomic E-state index is 0.0478. The molecule has 0 bridgehead atoms. The summed E-state index contributed by atoms with van der Waals surface area (Å²) in [6.45, 7) is 3.45. The topological polar surface area (TPSA) is 81.2 Å². The monoisotopic (exact) mass is 441 g/mol. The average molecular weight is 442 g/mol. The van der Waals surface area contributed by atoms with Crippen molar-refractivity contribution < 1.29 is 19.5 Å². The molecule has 2 aromatic rings. The van der Waals surface area contributed by atoms with E-state index >= 15 is 0 Å². The second-order valence-electron chi connectivity index (χ2n) is 8.12. The van der Waals surface area contributed by atoms with Crippen molar-refractivity contribution in [2.75, 3.05) is 38.2 Å². The molecule has 4 rings (SSSR count). The predicted octanol–water partition coefficient (Wildman–Crippen LogP) is 2.77. The van der Waals surface area contributed by atoms with Crippen LogP contribution in [0.5, 0.6) is 0 Å². The lowest BCUT2D eigenvalue weighted by atomic mass is 9.94. The second kappa shape index (κ2) is 8.80. The van der Waals surface area contributed by atoms with Crippen LogP contribution in [0.15, 0.2) is 35.7 Å². The number of rotatable bonds is 6. The maximum absolute atomic E-state index is 13.3. The Labute approximate surface area is 185 Å². The molecular formula is C23H27N3O4S. The van der Waals surface area contributed by atoms with Crippen LogP contribution in [0.1, 0.15) is 51.4 Å². The van der Waals surface area contributed by atoms with Crippen molar-refractivity contribution in [2.24, 2.45) is 5.92 Å². The minimum Gasteiger partial charge on any atom is -0.395 e. The predicted molar refractivity (Wildman–Crippen MR) is 119 cm³/mol. The summed E-state index contributed by atoms with van der Waals surface area (Å²) in [4.78, 5) is 45.0. The van der Waals surface area contributed by atoms with Gasteiger partial charge in [0, 0.05) is 37.5 Å². The molecule has 1 atom stereocenters. The van der Waals surface area contributed by atoms with Crippen molar-refractivity contribution in [1.29, 1.82) is 0 Å². The fourth-order valence-electron chi connectivity index (χ4n) is 4.50. The highest BCUT2D eigenvalue weighted by Crippen LogP contribution is 2.38. The highest BCUT2D eigenvalue weighted by atomic mass is 32.1. The Kier molecular flexibility index (Phi) is 6.11. The number of imide groups is 1. The third-order valence-corrected chi connectivity index (χ3v) is 7.31. The lowest BCUT2D eigenvalue weighted by Gasteiger charge is -2.35. The van der Waals surface area contributed by atoms with Gasteiger partial charge in [-0.05, 0) is 43.3 Å². The SMILES string of the molecule is C[C@H](c1cccs1)N1C(=O)c2cccc(N3CCC(C(=O)N(C)CCO)CC3)c2C1=O. The number of piperidine rings is 1. The van der Waals surface area contributed by atoms with E-state index in [0.717, 1.165) is 10.6 Å². The zero-order valence-corrected chi connectivity index (χ0v) is 18.6. The Bertz CT molecular complexity index is 983. The van der Waals surface area contributed by atoms with Crippen molar-refractivity contribution >= 4 is 34.7 Å². The number of carbonyl (C=O) groups excluding carboxylic acids is 3. The molecule has 0 saturated carbocycles. The van der Waals surface area contributed by atoms with Crippen molar-refractivity contribution in [1.82, 2.24) is 9.80 Å². The third-order valence-electron chi connectivity index (χ3n) is 6.26. The number of thiophene rings is 1. The van der Waals surface area contributed by atoms with Crippen molar-refractivity contribution in [3.8, 4) is 0 Å². The van der Waals surface area contributed by atoms with E-state index in [4.69, 9.17) is 5.11 Å². The summed E-state index contributed by atoms with van der Waals surface area (Å²) in [6, 6.07) is 8.98. The number of anilines is 1. The van der Waals surface area contributed by atoms with Crippen molar-refractivity contribution in [2.45, 2.75) is 25.8 Å². The highest BCUT2D eigenvalue weighted by molar-refractivity contribution is 7.10. The molecule has 0 unspecified atom stereocenters. The average Bonchev–Trinajstić information content (AvgIpc) is 3.41. The van der Waals surface area contributed by atoms with Gasteiger partial charge in [-0.25, -0.2) is 0 Å². The lowest BCUT2D eigenvalue weighted by molar-refractivity contribution is -0.135. The van der Waals surface area contributed by atoms with Gasteiger partial charge in [0.05, 0.1) is 29.5 Å². The van der Waals surface area contributed by atoms with Gasteiger partial charge < -0.3 is 14.9 Å². The highest BCUT2D eigenvalue weighted by Gasteiger charge is 2.42. The number of carbonyl (C=O) groups is 3. The normalized spacial score (nSPS) is 17.8. The maximum atomic E-state index is 13.3. The number of fused-ring (bicyclic) bond motifs is 1. The van der Waals surface area contributed by atoms with E-state index in [-0.39, 0.29) is 36.3 Å². The molecule has 0 aliphatic carbocycles. The first-order chi connectivity index (χ1) is 14.9. The van der Waals surface area contributed by atoms with Gasteiger partial charge in [-0.15, -0.1) is 11.3 Å². The number of likely N-dealkylation sites (N-methyl/N-ethyl adjacent to an activating group) is 1. The Morgan fingerprint density at radius 3 is 2.58 bits per heavy atom. The molecule has 1 saturated heterocycles. The number of aliphatic hydroxyl groups excluding tert-OH is 1. The molecule has 1 aromatic carbocycles. The van der Waals surface area contributed by atoms with Crippen LogP contribution in [0.4, 0.5) is 5.69 Å². The number of amides is 3. The fraction of sp³-hybridized carbons (Fsp3) is 0.435. The van der Waals surface area contributed by atoms with E-state index in [1.807, 2.05) is 36.6 Å². The summed E-state index contributed by atoms with van der Waals surface area (Å²) in [5, 5.41) is 11.0. The van der Waals surface area contributed by atoms with Crippen LogP contribution in [0.3, 0.4) is 0 Å². The van der Waals surface area contributed by atoms with E-state index in [2.05, 4.69) is 4.90 Å². The summed E-state index contributed by atoms with van der Waals surface area (Å²) in [7, 11) is 1.71. The Hall–Kier alpha value is -2.71. The number of aliphatic hydroxyl groups is 1. The summed E-state index contributed by atoms with van der Waals surface area (Å²) < 4.78 is 0. The molecule has 0 radical (unpaired) electrons. The van der Waals surface area contributed by atoms with Gasteiger partial charge in [-0.2, -0.15) is 0 Å². The summed E-state index contributed by atoms with van der Waals surface area (Å²) in [5.74, 6) is -0.540. The zero-order chi connectivity index (χ0) is 22.1. The van der Waals surface area contributed by atoms with Gasteiger partial charge in [-0.1, -0.05) is 12.1 Å². The molecule has 8 heteroatoms. The Morgan fingerprint density at radius 2 is 1.94 bits per heavy atom. The first-order valence-electron chi connectivity index (χ1n) is 10.6. The summed E-state index contributed by atoms with van der Waals surface area (Å²) in [5.41, 5.74) is 1.69. The van der Waals surface area contributed by atoms with Gasteiger partial charge in [0.2, 0.25) is 5.91 Å². The van der Waals surface area contributed by atoms with E-state index in [9.17, 15) is 14.4 Å². The van der Waals surface area contributed by atoms with Crippen molar-refractivity contribution in [3.05, 3.63) is 51.7 Å². The Balaban J connectivity index is 1.53. The van der Waals surface area contributed by atoms with Gasteiger partial charge in [0.25, 0.3) is 11.8 Å². The molecule has 2 aliphatic heterocycles. The van der Waals surface area contributed by atoms with Crippen molar-refractivity contribution in [3.63, 3.8) is 0 Å². The lowest BCUT2D eigenvalue weighted by Crippen LogP contribution is -2.42. The molecule has 3 amide bonds. The number of nitrogens with zero attached hydrogens (tertiary/aromatic N) is 3. The summed E-state index contributed by atoms with van der Waals surface area (Å²) >= 11 is 1.53. The fourth-order valence-corrected chi connectivity index (χ4v) is 5.27. The molecular weight excluding hydrogens is 414 g/mol. The van der Waals surface area contributed by atoms with Crippen LogP contribution < -0.4 is 4.90 Å². The van der Waals surface area contributed by atoms with E-state index in [1.165, 1.54) is 16.2 Å². The number of hydrogen-bond donors (Lipinski definition) is 1. The minimum atomic E-state index is -0.314. The first kappa shape index (κ1) is 21.5. The number of hydrogen-bond acceptors (Lipinski definition) is 6. The first-order valence-corrected chi connectivity index (χ1v) is 11.5. The Morgan fingerprint density at radius 1 is 1.19 bits per heavy atom. The van der Waals surface area contributed by atoms with Gasteiger partial charge in [0.15, 0.2) is 0 Å². The molecule has 1 aromatic heterocycles. The van der Waals surface area contributed by atoms with Gasteiger partial charge in [-0.3, -0.25) is 19.3 Å². The summed E-state index contributed by atoms with van der Waals surface area (Å²) in [6.07, 6.45) is 1.35. The quantitative estimate of drug-likeness (QED) is 0.698. The van der Waals surface area contributed by atoms with Crippen LogP contribution in [-0.4, -0.2) is 65.9 Å². The van der Waals surface area contributed by atoms with Crippen LogP contribution in [0.25, 0.3) is 0 Å². The van der Waals surface area contributed by atoms with Crippen LogP contribution in [0.2, 0.25) is 0 Å². The molecule has 3 heterocycles. The molecule has 2 aliphatic rings. The van der Waals surface area contributed by atoms with Gasteiger partial charge in [0.1, 0.15) is 0 Å². The van der Waals surface area contributed by atoms with Crippen LogP contribution >= 0.6 is 11.3 Å². The molecule has 1 N–H and O–H groups in total. The number of benzene rings is 1. The molecule has 1 fully saturated rings. The van der Waals surface area contributed by atoms with Crippen LogP contribution in [0, 0.1) is 5.92 Å². The van der Waals surface area contributed by atoms with Crippen LogP contribution in [-0.2, 0) is 4.79 Å². The largest absolute Gasteiger partial charge is 0.395 e. The second-order valence-corrected chi connectivity index (χ2v) is 9.10. The zero-order valence-electron chi connectivity index (χ0n) is 17.8. The van der Waals surface area contributed by atoms with Gasteiger partial charge >= 0.3 is 0 Å². The standard InChI is InChI=1S/C23H27N3O4S/c1-15(19-7-4-14-31-19)26-22(29)17-5-3-6-18(20(17)23(26)30)25-10-8-16(9-11-25)21(28)24(2)12-13-27/h3-7,14-16,27H,8-13H2,1-2H3/t15-/m1/s1. The third kappa shape index (κ3) is 3.85. The maximum Gasteiger partial charge on any atom is 0.264 e. The van der Waals surface area contributed by atoms with E-state index < -0.39 is 0 Å². The smallest absolute Gasteiger partial charge is 0.264 e. The molecule has 164 valence electrons. The molecule has 7 nitrogen and oxygen atoms in total.